The van der Waals surface area contributed by atoms with Crippen LogP contribution >= 0.6 is 11.6 Å². The van der Waals surface area contributed by atoms with Gasteiger partial charge < -0.3 is 10.1 Å². The fourth-order valence-corrected chi connectivity index (χ4v) is 3.66. The first kappa shape index (κ1) is 22.3. The predicted molar refractivity (Wildman–Crippen MR) is 127 cm³/mol. The molecule has 0 radical (unpaired) electrons. The van der Waals surface area contributed by atoms with Crippen LogP contribution in [0.5, 0.6) is 5.75 Å². The Bertz CT molecular complexity index is 1290. The molecule has 2 amide bonds. The van der Waals surface area contributed by atoms with E-state index in [-0.39, 0.29) is 10.7 Å². The number of ether oxygens (including phenoxy) is 1. The molecule has 6 nitrogen and oxygen atoms in total. The molecule has 0 fully saturated rings. The van der Waals surface area contributed by atoms with Crippen LogP contribution in [0.25, 0.3) is 0 Å². The van der Waals surface area contributed by atoms with Gasteiger partial charge in [-0.3, -0.25) is 9.59 Å². The van der Waals surface area contributed by atoms with Crippen molar-refractivity contribution in [2.75, 3.05) is 10.2 Å². The highest BCUT2D eigenvalue weighted by Gasteiger charge is 2.38. The molecular formula is C26H21ClN2O4. The molecule has 0 aromatic heterocycles. The second-order valence-electron chi connectivity index (χ2n) is 7.83. The summed E-state index contributed by atoms with van der Waals surface area (Å²) >= 11 is 6.18. The zero-order valence-electron chi connectivity index (χ0n) is 18.3. The third-order valence-corrected chi connectivity index (χ3v) is 5.59. The zero-order valence-corrected chi connectivity index (χ0v) is 19.1. The van der Waals surface area contributed by atoms with Gasteiger partial charge in [0.05, 0.1) is 11.3 Å². The monoisotopic (exact) mass is 460 g/mol. The molecule has 166 valence electrons. The van der Waals surface area contributed by atoms with Gasteiger partial charge in [-0.15, -0.1) is 0 Å². The van der Waals surface area contributed by atoms with Crippen LogP contribution in [0.3, 0.4) is 0 Å². The van der Waals surface area contributed by atoms with Gasteiger partial charge in [0.15, 0.2) is 0 Å². The van der Waals surface area contributed by atoms with E-state index in [1.54, 1.807) is 42.5 Å². The Kier molecular flexibility index (Phi) is 6.03. The topological polar surface area (TPSA) is 75.7 Å². The van der Waals surface area contributed by atoms with E-state index in [0.29, 0.717) is 22.7 Å². The molecule has 0 saturated heterocycles. The summed E-state index contributed by atoms with van der Waals surface area (Å²) in [5, 5.41) is 2.70. The lowest BCUT2D eigenvalue weighted by Crippen LogP contribution is -2.32. The number of nitrogens with zero attached hydrogens (tertiary/aromatic N) is 1. The molecule has 0 unspecified atom stereocenters. The molecule has 3 aromatic carbocycles. The first-order valence-corrected chi connectivity index (χ1v) is 10.6. The van der Waals surface area contributed by atoms with E-state index in [1.165, 1.54) is 0 Å². The Labute approximate surface area is 196 Å². The third-order valence-electron chi connectivity index (χ3n) is 5.24. The van der Waals surface area contributed by atoms with Gasteiger partial charge >= 0.3 is 5.97 Å². The Morgan fingerprint density at radius 1 is 0.848 bits per heavy atom. The van der Waals surface area contributed by atoms with Gasteiger partial charge in [-0.25, -0.2) is 9.69 Å². The minimum atomic E-state index is -0.596. The highest BCUT2D eigenvalue weighted by atomic mass is 35.5. The molecular weight excluding hydrogens is 440 g/mol. The lowest BCUT2D eigenvalue weighted by atomic mass is 10.1. The highest BCUT2D eigenvalue weighted by molar-refractivity contribution is 6.53. The Hall–Kier alpha value is -3.90. The normalized spacial score (nSPS) is 13.5. The number of carbonyl (C=O) groups excluding carboxylic acids is 3. The largest absolute Gasteiger partial charge is 0.423 e. The lowest BCUT2D eigenvalue weighted by molar-refractivity contribution is -0.120. The Balaban J connectivity index is 1.48. The molecule has 1 aliphatic rings. The van der Waals surface area contributed by atoms with E-state index in [0.717, 1.165) is 21.6 Å². The number of hydrogen-bond acceptors (Lipinski definition) is 5. The fourth-order valence-electron chi connectivity index (χ4n) is 3.45. The quantitative estimate of drug-likeness (QED) is 0.319. The van der Waals surface area contributed by atoms with Crippen LogP contribution in [0, 0.1) is 20.8 Å². The van der Waals surface area contributed by atoms with Gasteiger partial charge in [0.1, 0.15) is 16.5 Å². The minimum Gasteiger partial charge on any atom is -0.423 e. The number of benzene rings is 3. The summed E-state index contributed by atoms with van der Waals surface area (Å²) in [4.78, 5) is 39.0. The number of rotatable bonds is 5. The average Bonchev–Trinajstić information content (AvgIpc) is 3.00. The van der Waals surface area contributed by atoms with Crippen LogP contribution in [0.1, 0.15) is 27.0 Å². The summed E-state index contributed by atoms with van der Waals surface area (Å²) in [5.74, 6) is -1.15. The van der Waals surface area contributed by atoms with Crippen LogP contribution in [0.2, 0.25) is 0 Å². The maximum Gasteiger partial charge on any atom is 0.343 e. The highest BCUT2D eigenvalue weighted by Crippen LogP contribution is 2.30. The summed E-state index contributed by atoms with van der Waals surface area (Å²) < 4.78 is 5.48. The SMILES string of the molecule is Cc1ccc(N2C(=O)C(Cl)=C(Nc3ccc(C(=O)Oc4ccc(C)cc4C)cc3)C2=O)cc1. The number of aryl methyl sites for hydroxylation is 3. The smallest absolute Gasteiger partial charge is 0.343 e. The van der Waals surface area contributed by atoms with Crippen molar-refractivity contribution in [1.82, 2.24) is 0 Å². The number of nitrogens with one attached hydrogen (secondary N) is 1. The second kappa shape index (κ2) is 8.92. The molecule has 33 heavy (non-hydrogen) atoms. The van der Waals surface area contributed by atoms with Gasteiger partial charge in [-0.2, -0.15) is 0 Å². The summed E-state index contributed by atoms with van der Waals surface area (Å²) in [6.07, 6.45) is 0. The maximum absolute atomic E-state index is 12.9. The van der Waals surface area contributed by atoms with Crippen LogP contribution in [0.15, 0.2) is 77.5 Å². The van der Waals surface area contributed by atoms with Gasteiger partial charge in [0, 0.05) is 5.69 Å². The number of amides is 2. The number of halogens is 1. The van der Waals surface area contributed by atoms with Gasteiger partial charge in [0.25, 0.3) is 11.8 Å². The van der Waals surface area contributed by atoms with Crippen molar-refractivity contribution < 1.29 is 19.1 Å². The number of imide groups is 1. The van der Waals surface area contributed by atoms with Crippen molar-refractivity contribution in [3.63, 3.8) is 0 Å². The van der Waals surface area contributed by atoms with Crippen LogP contribution < -0.4 is 15.0 Å². The van der Waals surface area contributed by atoms with Crippen molar-refractivity contribution in [2.24, 2.45) is 0 Å². The van der Waals surface area contributed by atoms with E-state index in [1.807, 2.05) is 45.0 Å². The van der Waals surface area contributed by atoms with E-state index in [9.17, 15) is 14.4 Å². The molecule has 3 aromatic rings. The molecule has 4 rings (SSSR count). The average molecular weight is 461 g/mol. The molecule has 1 N–H and O–H groups in total. The number of esters is 1. The summed E-state index contributed by atoms with van der Waals surface area (Å²) in [6, 6.07) is 18.9. The first-order chi connectivity index (χ1) is 15.7. The maximum atomic E-state index is 12.9. The first-order valence-electron chi connectivity index (χ1n) is 10.3. The molecule has 0 spiro atoms. The number of hydrogen-bond donors (Lipinski definition) is 1. The number of carbonyl (C=O) groups is 3. The van der Waals surface area contributed by atoms with Crippen molar-refractivity contribution in [1.29, 1.82) is 0 Å². The van der Waals surface area contributed by atoms with Crippen molar-refractivity contribution in [3.8, 4) is 5.75 Å². The van der Waals surface area contributed by atoms with Crippen LogP contribution in [0.4, 0.5) is 11.4 Å². The number of anilines is 2. The fraction of sp³-hybridized carbons (Fsp3) is 0.115. The van der Waals surface area contributed by atoms with E-state index >= 15 is 0 Å². The van der Waals surface area contributed by atoms with E-state index < -0.39 is 17.8 Å². The van der Waals surface area contributed by atoms with Crippen molar-refractivity contribution in [2.45, 2.75) is 20.8 Å². The van der Waals surface area contributed by atoms with Crippen molar-refractivity contribution in [3.05, 3.63) is 99.7 Å². The summed E-state index contributed by atoms with van der Waals surface area (Å²) in [5.41, 5.74) is 4.21. The molecule has 0 saturated carbocycles. The minimum absolute atomic E-state index is 0.0205. The summed E-state index contributed by atoms with van der Waals surface area (Å²) in [6.45, 7) is 5.76. The Morgan fingerprint density at radius 3 is 2.12 bits per heavy atom. The second-order valence-corrected chi connectivity index (χ2v) is 8.21. The van der Waals surface area contributed by atoms with Gasteiger partial charge in [0.2, 0.25) is 0 Å². The van der Waals surface area contributed by atoms with Gasteiger partial charge in [-0.05, 0) is 68.8 Å². The third kappa shape index (κ3) is 4.52. The van der Waals surface area contributed by atoms with Crippen LogP contribution in [-0.4, -0.2) is 17.8 Å². The molecule has 1 heterocycles. The van der Waals surface area contributed by atoms with Crippen LogP contribution in [-0.2, 0) is 9.59 Å². The Morgan fingerprint density at radius 2 is 1.48 bits per heavy atom. The molecule has 1 aliphatic heterocycles. The zero-order chi connectivity index (χ0) is 23.7. The predicted octanol–water partition coefficient (Wildman–Crippen LogP) is 5.27. The van der Waals surface area contributed by atoms with Crippen molar-refractivity contribution >= 4 is 40.8 Å². The molecule has 0 atom stereocenters. The van der Waals surface area contributed by atoms with Gasteiger partial charge in [-0.1, -0.05) is 47.0 Å². The molecule has 0 aliphatic carbocycles. The molecule has 0 bridgehead atoms. The lowest BCUT2D eigenvalue weighted by Gasteiger charge is -2.15. The summed E-state index contributed by atoms with van der Waals surface area (Å²) in [7, 11) is 0. The van der Waals surface area contributed by atoms with E-state index in [2.05, 4.69) is 5.32 Å². The van der Waals surface area contributed by atoms with E-state index in [4.69, 9.17) is 16.3 Å². The molecule has 7 heteroatoms. The standard InChI is InChI=1S/C26H21ClN2O4/c1-15-4-11-20(12-5-15)29-24(30)22(27)23(25(29)31)28-19-9-7-18(8-10-19)26(32)33-21-13-6-16(2)14-17(21)3/h4-14,28H,1-3H3.